The summed E-state index contributed by atoms with van der Waals surface area (Å²) in [7, 11) is 0. The predicted molar refractivity (Wildman–Crippen MR) is 85.9 cm³/mol. The Kier molecular flexibility index (Phi) is 7.53. The molecule has 0 aliphatic heterocycles. The van der Waals surface area contributed by atoms with Gasteiger partial charge in [0.15, 0.2) is 0 Å². The zero-order valence-electron chi connectivity index (χ0n) is 13.7. The zero-order valence-corrected chi connectivity index (χ0v) is 13.7. The Bertz CT molecular complexity index is 617. The van der Waals surface area contributed by atoms with Crippen molar-refractivity contribution < 1.29 is 24.3 Å². The molecule has 1 rings (SSSR count). The van der Waals surface area contributed by atoms with E-state index in [1.165, 1.54) is 19.4 Å². The monoisotopic (exact) mass is 354 g/mol. The molecule has 0 spiro atoms. The summed E-state index contributed by atoms with van der Waals surface area (Å²) in [5.74, 6) is -3.12. The summed E-state index contributed by atoms with van der Waals surface area (Å²) in [4.78, 5) is 52.4. The first-order valence-corrected chi connectivity index (χ1v) is 7.55. The highest BCUT2D eigenvalue weighted by Crippen LogP contribution is 2.00. The number of aromatic nitrogens is 2. The number of aliphatic carboxylic acids is 1. The van der Waals surface area contributed by atoms with Gasteiger partial charge in [-0.2, -0.15) is 0 Å². The highest BCUT2D eigenvalue weighted by Gasteiger charge is 2.25. The number of carbonyl (C=O) groups excluding carboxylic acids is 3. The number of carboxylic acid groups (broad SMARTS) is 1. The Balaban J connectivity index is 2.54. The number of imidazole rings is 1. The van der Waals surface area contributed by atoms with Crippen LogP contribution in [0.15, 0.2) is 12.5 Å². The number of nitrogens with two attached hydrogens (primary N) is 2. The van der Waals surface area contributed by atoms with Crippen LogP contribution >= 0.6 is 0 Å². The van der Waals surface area contributed by atoms with Gasteiger partial charge in [0.25, 0.3) is 0 Å². The summed E-state index contributed by atoms with van der Waals surface area (Å²) >= 11 is 0. The number of hydrogen-bond acceptors (Lipinski definition) is 6. The molecule has 8 N–H and O–H groups in total. The van der Waals surface area contributed by atoms with Crippen molar-refractivity contribution in [3.05, 3.63) is 18.2 Å². The van der Waals surface area contributed by atoms with Gasteiger partial charge in [0.05, 0.1) is 12.4 Å². The third kappa shape index (κ3) is 6.99. The number of rotatable bonds is 10. The molecule has 0 bridgehead atoms. The third-order valence-corrected chi connectivity index (χ3v) is 3.38. The van der Waals surface area contributed by atoms with E-state index >= 15 is 0 Å². The van der Waals surface area contributed by atoms with Gasteiger partial charge in [-0.05, 0) is 13.3 Å². The molecule has 0 radical (unpaired) electrons. The number of H-pyrrole nitrogens is 1. The molecule has 1 aromatic rings. The summed E-state index contributed by atoms with van der Waals surface area (Å²) in [6, 6.07) is -3.19. The van der Waals surface area contributed by atoms with Gasteiger partial charge in [-0.3, -0.25) is 14.4 Å². The lowest BCUT2D eigenvalue weighted by Gasteiger charge is -2.20. The molecule has 0 aliphatic carbocycles. The van der Waals surface area contributed by atoms with Crippen molar-refractivity contribution in [3.63, 3.8) is 0 Å². The molecule has 0 fully saturated rings. The molecule has 0 saturated carbocycles. The normalized spacial score (nSPS) is 14.2. The SMILES string of the molecule is CC(NC(=O)C(N)CCC(N)=O)C(=O)NC(Cc1cnc[nH]1)C(=O)O. The van der Waals surface area contributed by atoms with Crippen LogP contribution in [0, 0.1) is 0 Å². The molecule has 11 heteroatoms. The van der Waals surface area contributed by atoms with Gasteiger partial charge in [0.1, 0.15) is 12.1 Å². The first-order valence-electron chi connectivity index (χ1n) is 7.55. The number of nitrogens with one attached hydrogen (secondary N) is 3. The van der Waals surface area contributed by atoms with Crippen molar-refractivity contribution in [1.29, 1.82) is 0 Å². The van der Waals surface area contributed by atoms with Crippen molar-refractivity contribution >= 4 is 23.7 Å². The van der Waals surface area contributed by atoms with E-state index in [1.54, 1.807) is 0 Å². The second kappa shape index (κ2) is 9.37. The molecule has 0 aromatic carbocycles. The summed E-state index contributed by atoms with van der Waals surface area (Å²) in [5.41, 5.74) is 11.1. The molecule has 3 amide bonds. The molecule has 0 aliphatic rings. The Morgan fingerprint density at radius 1 is 1.28 bits per heavy atom. The van der Waals surface area contributed by atoms with Crippen LogP contribution in [0.4, 0.5) is 0 Å². The quantitative estimate of drug-likeness (QED) is 0.270. The van der Waals surface area contributed by atoms with E-state index in [2.05, 4.69) is 20.6 Å². The summed E-state index contributed by atoms with van der Waals surface area (Å²) in [5, 5.41) is 13.9. The van der Waals surface area contributed by atoms with Gasteiger partial charge >= 0.3 is 5.97 Å². The lowest BCUT2D eigenvalue weighted by Crippen LogP contribution is -2.53. The number of hydrogen-bond donors (Lipinski definition) is 6. The van der Waals surface area contributed by atoms with Gasteiger partial charge in [-0.15, -0.1) is 0 Å². The first-order chi connectivity index (χ1) is 11.7. The molecular weight excluding hydrogens is 332 g/mol. The highest BCUT2D eigenvalue weighted by atomic mass is 16.4. The summed E-state index contributed by atoms with van der Waals surface area (Å²) < 4.78 is 0. The van der Waals surface area contributed by atoms with Crippen molar-refractivity contribution in [2.75, 3.05) is 0 Å². The Morgan fingerprint density at radius 3 is 2.48 bits per heavy atom. The number of carbonyl (C=O) groups is 4. The smallest absolute Gasteiger partial charge is 0.326 e. The van der Waals surface area contributed by atoms with Crippen molar-refractivity contribution in [3.8, 4) is 0 Å². The third-order valence-electron chi connectivity index (χ3n) is 3.38. The number of aromatic amines is 1. The molecule has 138 valence electrons. The fourth-order valence-corrected chi connectivity index (χ4v) is 1.93. The zero-order chi connectivity index (χ0) is 19.0. The number of carboxylic acids is 1. The maximum Gasteiger partial charge on any atom is 0.326 e. The van der Waals surface area contributed by atoms with Crippen LogP contribution in [-0.4, -0.2) is 56.9 Å². The van der Waals surface area contributed by atoms with Gasteiger partial charge in [-0.1, -0.05) is 0 Å². The van der Waals surface area contributed by atoms with Crippen molar-refractivity contribution in [1.82, 2.24) is 20.6 Å². The highest BCUT2D eigenvalue weighted by molar-refractivity contribution is 5.91. The molecule has 11 nitrogen and oxygen atoms in total. The van der Waals surface area contributed by atoms with E-state index in [1.807, 2.05) is 0 Å². The van der Waals surface area contributed by atoms with Gasteiger partial charge in [0.2, 0.25) is 17.7 Å². The van der Waals surface area contributed by atoms with Crippen LogP contribution in [0.1, 0.15) is 25.5 Å². The fourth-order valence-electron chi connectivity index (χ4n) is 1.93. The van der Waals surface area contributed by atoms with E-state index < -0.39 is 41.8 Å². The second-order valence-electron chi connectivity index (χ2n) is 5.52. The maximum atomic E-state index is 12.1. The Morgan fingerprint density at radius 2 is 1.96 bits per heavy atom. The Labute approximate surface area is 143 Å². The largest absolute Gasteiger partial charge is 0.480 e. The Hall–Kier alpha value is -2.95. The molecule has 1 aromatic heterocycles. The van der Waals surface area contributed by atoms with Gasteiger partial charge in [0, 0.05) is 24.7 Å². The van der Waals surface area contributed by atoms with E-state index in [9.17, 15) is 24.3 Å². The minimum atomic E-state index is -1.22. The molecule has 3 atom stereocenters. The lowest BCUT2D eigenvalue weighted by molar-refractivity contribution is -0.142. The molecule has 0 saturated heterocycles. The van der Waals surface area contributed by atoms with E-state index in [0.717, 1.165) is 0 Å². The molecule has 25 heavy (non-hydrogen) atoms. The number of amides is 3. The van der Waals surface area contributed by atoms with Crippen LogP contribution in [0.2, 0.25) is 0 Å². The minimum absolute atomic E-state index is 0.0138. The lowest BCUT2D eigenvalue weighted by atomic mass is 10.1. The summed E-state index contributed by atoms with van der Waals surface area (Å²) in [6.07, 6.45) is 2.85. The van der Waals surface area contributed by atoms with Crippen LogP contribution in [0.5, 0.6) is 0 Å². The van der Waals surface area contributed by atoms with Gasteiger partial charge < -0.3 is 32.2 Å². The van der Waals surface area contributed by atoms with E-state index in [0.29, 0.717) is 5.69 Å². The van der Waals surface area contributed by atoms with Crippen molar-refractivity contribution in [2.45, 2.75) is 44.3 Å². The van der Waals surface area contributed by atoms with Crippen LogP contribution in [-0.2, 0) is 25.6 Å². The fraction of sp³-hybridized carbons (Fsp3) is 0.500. The van der Waals surface area contributed by atoms with E-state index in [4.69, 9.17) is 11.5 Å². The maximum absolute atomic E-state index is 12.1. The molecule has 1 heterocycles. The number of primary amides is 1. The molecule has 3 unspecified atom stereocenters. The average Bonchev–Trinajstić information content (AvgIpc) is 3.04. The topological polar surface area (TPSA) is 193 Å². The number of nitrogens with zero attached hydrogens (tertiary/aromatic N) is 1. The van der Waals surface area contributed by atoms with Crippen molar-refractivity contribution in [2.24, 2.45) is 11.5 Å². The first kappa shape index (κ1) is 20.1. The van der Waals surface area contributed by atoms with E-state index in [-0.39, 0.29) is 19.3 Å². The van der Waals surface area contributed by atoms with Crippen LogP contribution in [0.3, 0.4) is 0 Å². The van der Waals surface area contributed by atoms with Crippen LogP contribution in [0.25, 0.3) is 0 Å². The predicted octanol–water partition coefficient (Wildman–Crippen LogP) is -2.38. The average molecular weight is 354 g/mol. The van der Waals surface area contributed by atoms with Gasteiger partial charge in [-0.25, -0.2) is 9.78 Å². The van der Waals surface area contributed by atoms with Crippen LogP contribution < -0.4 is 22.1 Å². The molecular formula is C14H22N6O5. The minimum Gasteiger partial charge on any atom is -0.480 e. The standard InChI is InChI=1S/C14H22N6O5/c1-7(19-13(23)9(15)2-3-11(16)21)12(22)20-10(14(24)25)4-8-5-17-6-18-8/h5-7,9-10H,2-4,15H2,1H3,(H2,16,21)(H,17,18)(H,19,23)(H,20,22)(H,24,25). The summed E-state index contributed by atoms with van der Waals surface area (Å²) in [6.45, 7) is 1.39. The second-order valence-corrected chi connectivity index (χ2v) is 5.52.